The first-order valence-electron chi connectivity index (χ1n) is 10.1. The maximum atomic E-state index is 13.4. The van der Waals surface area contributed by atoms with Gasteiger partial charge in [-0.1, -0.05) is 42.5 Å². The number of benzene rings is 2. The summed E-state index contributed by atoms with van der Waals surface area (Å²) in [5.74, 6) is 0.622. The lowest BCUT2D eigenvalue weighted by molar-refractivity contribution is 0.0531. The highest BCUT2D eigenvalue weighted by atomic mass is 127. The van der Waals surface area contributed by atoms with E-state index in [0.717, 1.165) is 43.9 Å². The number of aliphatic imine (C=N–C) groups is 1. The Morgan fingerprint density at radius 1 is 1.03 bits per heavy atom. The molecule has 2 aromatic carbocycles. The number of rotatable bonds is 7. The Bertz CT molecular complexity index is 746. The van der Waals surface area contributed by atoms with Crippen LogP contribution >= 0.6 is 24.0 Å². The van der Waals surface area contributed by atoms with Gasteiger partial charge in [0.25, 0.3) is 0 Å². The largest absolute Gasteiger partial charge is 0.381 e. The van der Waals surface area contributed by atoms with E-state index in [1.54, 1.807) is 12.1 Å². The standard InChI is InChI=1S/C23H30FN3O.HI/c1-2-25-22(26-15-12-19-6-4-3-5-7-19)27-18-23(13-16-28-17-14-23)20-8-10-21(24)11-9-20;/h3-11H,2,12-18H2,1H3,(H2,25,26,27);1H. The minimum atomic E-state index is -0.203. The Morgan fingerprint density at radius 2 is 1.72 bits per heavy atom. The lowest BCUT2D eigenvalue weighted by atomic mass is 9.74. The zero-order valence-corrected chi connectivity index (χ0v) is 19.3. The smallest absolute Gasteiger partial charge is 0.191 e. The fraction of sp³-hybridized carbons (Fsp3) is 0.435. The molecule has 0 saturated carbocycles. The summed E-state index contributed by atoms with van der Waals surface area (Å²) < 4.78 is 19.0. The number of halogens is 2. The number of ether oxygens (including phenoxy) is 1. The summed E-state index contributed by atoms with van der Waals surface area (Å²) in [6.07, 6.45) is 2.74. The molecule has 4 nitrogen and oxygen atoms in total. The Balaban J connectivity index is 0.00000300. The number of nitrogens with one attached hydrogen (secondary N) is 2. The summed E-state index contributed by atoms with van der Waals surface area (Å²) in [4.78, 5) is 4.88. The van der Waals surface area contributed by atoms with Gasteiger partial charge in [0.15, 0.2) is 5.96 Å². The van der Waals surface area contributed by atoms with Crippen LogP contribution in [0.3, 0.4) is 0 Å². The monoisotopic (exact) mass is 511 g/mol. The summed E-state index contributed by atoms with van der Waals surface area (Å²) in [5, 5.41) is 6.77. The van der Waals surface area contributed by atoms with Crippen LogP contribution in [-0.4, -0.2) is 38.8 Å². The molecule has 0 bridgehead atoms. The van der Waals surface area contributed by atoms with Crippen LogP contribution in [0.15, 0.2) is 59.6 Å². The molecule has 2 N–H and O–H groups in total. The van der Waals surface area contributed by atoms with Gasteiger partial charge in [0, 0.05) is 31.7 Å². The Hall–Kier alpha value is -1.67. The van der Waals surface area contributed by atoms with Crippen molar-refractivity contribution < 1.29 is 9.13 Å². The van der Waals surface area contributed by atoms with Crippen molar-refractivity contribution >= 4 is 29.9 Å². The number of hydrogen-bond donors (Lipinski definition) is 2. The minimum absolute atomic E-state index is 0. The van der Waals surface area contributed by atoms with Crippen LogP contribution in [0.1, 0.15) is 30.9 Å². The first-order chi connectivity index (χ1) is 13.7. The van der Waals surface area contributed by atoms with E-state index in [2.05, 4.69) is 41.8 Å². The highest BCUT2D eigenvalue weighted by Gasteiger charge is 2.34. The van der Waals surface area contributed by atoms with Gasteiger partial charge in [0.2, 0.25) is 0 Å². The van der Waals surface area contributed by atoms with Crippen molar-refractivity contribution in [3.63, 3.8) is 0 Å². The van der Waals surface area contributed by atoms with Gasteiger partial charge >= 0.3 is 0 Å². The summed E-state index contributed by atoms with van der Waals surface area (Å²) in [5.41, 5.74) is 2.34. The fourth-order valence-corrected chi connectivity index (χ4v) is 3.65. The molecule has 1 saturated heterocycles. The maximum absolute atomic E-state index is 13.4. The third-order valence-electron chi connectivity index (χ3n) is 5.34. The topological polar surface area (TPSA) is 45.7 Å². The van der Waals surface area contributed by atoms with Crippen LogP contribution in [0, 0.1) is 5.82 Å². The molecular weight excluding hydrogens is 480 g/mol. The average Bonchev–Trinajstić information content (AvgIpc) is 2.74. The highest BCUT2D eigenvalue weighted by molar-refractivity contribution is 14.0. The quantitative estimate of drug-likeness (QED) is 0.331. The third-order valence-corrected chi connectivity index (χ3v) is 5.34. The molecule has 0 unspecified atom stereocenters. The van der Waals surface area contributed by atoms with Crippen LogP contribution < -0.4 is 10.6 Å². The van der Waals surface area contributed by atoms with E-state index in [9.17, 15) is 4.39 Å². The van der Waals surface area contributed by atoms with Crippen molar-refractivity contribution in [2.75, 3.05) is 32.8 Å². The molecule has 158 valence electrons. The Labute approximate surface area is 190 Å². The molecule has 1 aliphatic rings. The number of hydrogen-bond acceptors (Lipinski definition) is 2. The van der Waals surface area contributed by atoms with Gasteiger partial charge in [0.05, 0.1) is 6.54 Å². The molecule has 2 aromatic rings. The van der Waals surface area contributed by atoms with Crippen LogP contribution in [0.5, 0.6) is 0 Å². The molecule has 6 heteroatoms. The van der Waals surface area contributed by atoms with E-state index in [1.165, 1.54) is 5.56 Å². The maximum Gasteiger partial charge on any atom is 0.191 e. The van der Waals surface area contributed by atoms with Gasteiger partial charge < -0.3 is 15.4 Å². The second-order valence-electron chi connectivity index (χ2n) is 7.26. The van der Waals surface area contributed by atoms with E-state index in [4.69, 9.17) is 9.73 Å². The molecule has 1 heterocycles. The van der Waals surface area contributed by atoms with Crippen molar-refractivity contribution in [1.29, 1.82) is 0 Å². The zero-order chi connectivity index (χ0) is 19.7. The van der Waals surface area contributed by atoms with Crippen molar-refractivity contribution in [2.45, 2.75) is 31.6 Å². The Kier molecular flexibility index (Phi) is 9.87. The number of nitrogens with zero attached hydrogens (tertiary/aromatic N) is 1. The Morgan fingerprint density at radius 3 is 2.38 bits per heavy atom. The molecule has 0 amide bonds. The van der Waals surface area contributed by atoms with Crippen molar-refractivity contribution in [3.05, 3.63) is 71.5 Å². The third kappa shape index (κ3) is 6.96. The molecule has 29 heavy (non-hydrogen) atoms. The fourth-order valence-electron chi connectivity index (χ4n) is 3.65. The SMILES string of the molecule is CCNC(=NCC1(c2ccc(F)cc2)CCOCC1)NCCc1ccccc1.I. The lowest BCUT2D eigenvalue weighted by Crippen LogP contribution is -2.41. The highest BCUT2D eigenvalue weighted by Crippen LogP contribution is 2.35. The lowest BCUT2D eigenvalue weighted by Gasteiger charge is -2.36. The second kappa shape index (κ2) is 12.1. The second-order valence-corrected chi connectivity index (χ2v) is 7.26. The van der Waals surface area contributed by atoms with Gasteiger partial charge in [-0.2, -0.15) is 0 Å². The first kappa shape index (κ1) is 23.6. The molecule has 0 atom stereocenters. The van der Waals surface area contributed by atoms with E-state index in [1.807, 2.05) is 18.2 Å². The summed E-state index contributed by atoms with van der Waals surface area (Å²) in [6.45, 7) is 5.78. The molecule has 0 aromatic heterocycles. The van der Waals surface area contributed by atoms with E-state index < -0.39 is 0 Å². The van der Waals surface area contributed by atoms with Crippen molar-refractivity contribution in [1.82, 2.24) is 10.6 Å². The van der Waals surface area contributed by atoms with E-state index >= 15 is 0 Å². The van der Waals surface area contributed by atoms with Crippen LogP contribution in [0.25, 0.3) is 0 Å². The molecule has 3 rings (SSSR count). The number of guanidine groups is 1. The summed E-state index contributed by atoms with van der Waals surface area (Å²) >= 11 is 0. The van der Waals surface area contributed by atoms with E-state index in [-0.39, 0.29) is 35.2 Å². The first-order valence-corrected chi connectivity index (χ1v) is 10.1. The van der Waals surface area contributed by atoms with Gasteiger partial charge in [0.1, 0.15) is 5.82 Å². The molecule has 1 aliphatic heterocycles. The molecular formula is C23H31FIN3O. The van der Waals surface area contributed by atoms with Gasteiger partial charge in [-0.15, -0.1) is 24.0 Å². The molecule has 0 aliphatic carbocycles. The predicted octanol–water partition coefficient (Wildman–Crippen LogP) is 4.29. The zero-order valence-electron chi connectivity index (χ0n) is 17.0. The summed E-state index contributed by atoms with van der Waals surface area (Å²) in [6, 6.07) is 17.3. The van der Waals surface area contributed by atoms with Gasteiger partial charge in [-0.3, -0.25) is 4.99 Å². The average molecular weight is 511 g/mol. The van der Waals surface area contributed by atoms with Crippen molar-refractivity contribution in [3.8, 4) is 0 Å². The molecule has 0 radical (unpaired) electrons. The van der Waals surface area contributed by atoms with Gasteiger partial charge in [-0.25, -0.2) is 4.39 Å². The van der Waals surface area contributed by atoms with Crippen molar-refractivity contribution in [2.24, 2.45) is 4.99 Å². The minimum Gasteiger partial charge on any atom is -0.381 e. The van der Waals surface area contributed by atoms with Gasteiger partial charge in [-0.05, 0) is 49.4 Å². The van der Waals surface area contributed by atoms with E-state index in [0.29, 0.717) is 19.8 Å². The summed E-state index contributed by atoms with van der Waals surface area (Å²) in [7, 11) is 0. The predicted molar refractivity (Wildman–Crippen MR) is 128 cm³/mol. The van der Waals surface area contributed by atoms with Crippen LogP contribution in [0.4, 0.5) is 4.39 Å². The van der Waals surface area contributed by atoms with Crippen LogP contribution in [0.2, 0.25) is 0 Å². The molecule has 0 spiro atoms. The van der Waals surface area contributed by atoms with Crippen LogP contribution in [-0.2, 0) is 16.6 Å². The normalized spacial score (nSPS) is 16.0. The molecule has 1 fully saturated rings.